The van der Waals surface area contributed by atoms with E-state index < -0.39 is 0 Å². The van der Waals surface area contributed by atoms with Crippen LogP contribution in [0.2, 0.25) is 0 Å². The molecular weight excluding hydrogens is 635 g/mol. The quantitative estimate of drug-likeness (QED) is 0.183. The van der Waals surface area contributed by atoms with Crippen LogP contribution in [0.1, 0.15) is 25.0 Å². The first kappa shape index (κ1) is 30.2. The van der Waals surface area contributed by atoms with E-state index in [9.17, 15) is 0 Å². The maximum Gasteiger partial charge on any atom is 0.164 e. The van der Waals surface area contributed by atoms with Gasteiger partial charge in [-0.15, -0.1) is 0 Å². The van der Waals surface area contributed by atoms with Crippen molar-refractivity contribution in [2.75, 3.05) is 0 Å². The molecule has 2 aromatic heterocycles. The van der Waals surface area contributed by atoms with E-state index in [2.05, 4.69) is 135 Å². The third-order valence-corrected chi connectivity index (χ3v) is 10.5. The molecule has 4 heteroatoms. The lowest BCUT2D eigenvalue weighted by atomic mass is 9.82. The van der Waals surface area contributed by atoms with Crippen LogP contribution < -0.4 is 0 Å². The zero-order chi connectivity index (χ0) is 34.8. The molecular formula is C48H33N3O. The van der Waals surface area contributed by atoms with Gasteiger partial charge < -0.3 is 4.42 Å². The van der Waals surface area contributed by atoms with Crippen LogP contribution in [0.25, 0.3) is 89.5 Å². The summed E-state index contributed by atoms with van der Waals surface area (Å²) < 4.78 is 6.45. The van der Waals surface area contributed by atoms with Crippen LogP contribution in [-0.2, 0) is 5.41 Å². The van der Waals surface area contributed by atoms with Gasteiger partial charge in [-0.05, 0) is 74.8 Å². The Hall–Kier alpha value is -6.65. The second kappa shape index (κ2) is 11.7. The Labute approximate surface area is 302 Å². The summed E-state index contributed by atoms with van der Waals surface area (Å²) >= 11 is 0. The van der Waals surface area contributed by atoms with E-state index in [0.717, 1.165) is 49.8 Å². The number of hydrogen-bond donors (Lipinski definition) is 0. The first-order chi connectivity index (χ1) is 25.5. The average molecular weight is 668 g/mol. The number of benzene rings is 7. The van der Waals surface area contributed by atoms with Crippen molar-refractivity contribution < 1.29 is 4.42 Å². The molecule has 0 saturated heterocycles. The summed E-state index contributed by atoms with van der Waals surface area (Å²) in [5.74, 6) is 1.93. The Morgan fingerprint density at radius 3 is 1.73 bits per heavy atom. The Bertz CT molecular complexity index is 2820. The van der Waals surface area contributed by atoms with Gasteiger partial charge in [0.05, 0.1) is 0 Å². The van der Waals surface area contributed by atoms with Crippen molar-refractivity contribution in [2.45, 2.75) is 19.3 Å². The summed E-state index contributed by atoms with van der Waals surface area (Å²) in [6.07, 6.45) is 0. The highest BCUT2D eigenvalue weighted by molar-refractivity contribution is 6.13. The number of aromatic nitrogens is 3. The van der Waals surface area contributed by atoms with Gasteiger partial charge >= 0.3 is 0 Å². The molecule has 1 aliphatic carbocycles. The van der Waals surface area contributed by atoms with Gasteiger partial charge in [-0.25, -0.2) is 15.0 Å². The molecule has 0 unspecified atom stereocenters. The molecule has 10 rings (SSSR count). The van der Waals surface area contributed by atoms with Crippen LogP contribution in [0.5, 0.6) is 0 Å². The Kier molecular flexibility index (Phi) is 6.80. The number of nitrogens with zero attached hydrogens (tertiary/aromatic N) is 3. The highest BCUT2D eigenvalue weighted by Gasteiger charge is 2.35. The summed E-state index contributed by atoms with van der Waals surface area (Å²) in [6, 6.07) is 57.2. The summed E-state index contributed by atoms with van der Waals surface area (Å²) in [4.78, 5) is 15.2. The molecule has 2 heterocycles. The van der Waals surface area contributed by atoms with Crippen molar-refractivity contribution in [1.82, 2.24) is 15.0 Å². The maximum atomic E-state index is 6.45. The number of rotatable bonds is 5. The summed E-state index contributed by atoms with van der Waals surface area (Å²) in [7, 11) is 0. The normalized spacial score (nSPS) is 13.0. The lowest BCUT2D eigenvalue weighted by molar-refractivity contribution is 0.660. The molecule has 0 spiro atoms. The van der Waals surface area contributed by atoms with E-state index in [1.54, 1.807) is 0 Å². The molecule has 9 aromatic rings. The average Bonchev–Trinajstić information content (AvgIpc) is 3.70. The Balaban J connectivity index is 1.08. The van der Waals surface area contributed by atoms with Gasteiger partial charge in [-0.3, -0.25) is 0 Å². The lowest BCUT2D eigenvalue weighted by Crippen LogP contribution is -2.15. The molecule has 0 aliphatic heterocycles. The summed E-state index contributed by atoms with van der Waals surface area (Å²) in [5.41, 5.74) is 14.1. The smallest absolute Gasteiger partial charge is 0.164 e. The minimum Gasteiger partial charge on any atom is -0.456 e. The highest BCUT2D eigenvalue weighted by Crippen LogP contribution is 2.49. The molecule has 0 N–H and O–H groups in total. The predicted molar refractivity (Wildman–Crippen MR) is 212 cm³/mol. The van der Waals surface area contributed by atoms with Crippen LogP contribution in [0.3, 0.4) is 0 Å². The molecule has 4 nitrogen and oxygen atoms in total. The molecule has 0 saturated carbocycles. The van der Waals surface area contributed by atoms with E-state index in [1.165, 1.54) is 33.4 Å². The zero-order valence-electron chi connectivity index (χ0n) is 28.8. The van der Waals surface area contributed by atoms with Crippen LogP contribution in [0, 0.1) is 0 Å². The van der Waals surface area contributed by atoms with E-state index in [1.807, 2.05) is 42.5 Å². The molecule has 0 amide bonds. The van der Waals surface area contributed by atoms with E-state index in [0.29, 0.717) is 17.5 Å². The van der Waals surface area contributed by atoms with E-state index in [4.69, 9.17) is 19.4 Å². The predicted octanol–water partition coefficient (Wildman–Crippen LogP) is 12.4. The third-order valence-electron chi connectivity index (χ3n) is 10.5. The Morgan fingerprint density at radius 1 is 0.385 bits per heavy atom. The molecule has 246 valence electrons. The first-order valence-corrected chi connectivity index (χ1v) is 17.7. The standard InChI is InChI=1S/C48H33N3O/c1-48(2)40-21-10-9-19-37(40)38-25-24-35(28-41(38)48)47-50-45(31-15-7-4-8-16-31)49-46(51-47)34-18-11-17-32(27-34)33-23-26-39-43(29-33)52-42-22-12-20-36(44(39)42)30-13-5-3-6-14-30/h3-29H,1-2H3. The van der Waals surface area contributed by atoms with E-state index >= 15 is 0 Å². The van der Waals surface area contributed by atoms with Crippen LogP contribution in [0.4, 0.5) is 0 Å². The molecule has 1 aliphatic rings. The summed E-state index contributed by atoms with van der Waals surface area (Å²) in [6.45, 7) is 4.60. The lowest BCUT2D eigenvalue weighted by Gasteiger charge is -2.21. The molecule has 0 fully saturated rings. The van der Waals surface area contributed by atoms with Crippen LogP contribution in [0.15, 0.2) is 168 Å². The minimum atomic E-state index is -0.127. The van der Waals surface area contributed by atoms with Gasteiger partial charge in [0.1, 0.15) is 11.2 Å². The van der Waals surface area contributed by atoms with Crippen LogP contribution in [-0.4, -0.2) is 15.0 Å². The van der Waals surface area contributed by atoms with Crippen molar-refractivity contribution in [2.24, 2.45) is 0 Å². The fourth-order valence-corrected chi connectivity index (χ4v) is 7.90. The number of furan rings is 1. The fourth-order valence-electron chi connectivity index (χ4n) is 7.90. The monoisotopic (exact) mass is 667 g/mol. The van der Waals surface area contributed by atoms with Gasteiger partial charge in [0.15, 0.2) is 17.5 Å². The molecule has 7 aromatic carbocycles. The maximum absolute atomic E-state index is 6.45. The number of hydrogen-bond acceptors (Lipinski definition) is 4. The largest absolute Gasteiger partial charge is 0.456 e. The molecule has 52 heavy (non-hydrogen) atoms. The fraction of sp³-hybridized carbons (Fsp3) is 0.0625. The van der Waals surface area contributed by atoms with Gasteiger partial charge in [0.2, 0.25) is 0 Å². The van der Waals surface area contributed by atoms with Crippen LogP contribution >= 0.6 is 0 Å². The summed E-state index contributed by atoms with van der Waals surface area (Å²) in [5, 5.41) is 2.23. The third kappa shape index (κ3) is 4.87. The van der Waals surface area contributed by atoms with Crippen molar-refractivity contribution in [3.05, 3.63) is 175 Å². The van der Waals surface area contributed by atoms with Gasteiger partial charge in [0.25, 0.3) is 0 Å². The topological polar surface area (TPSA) is 51.8 Å². The van der Waals surface area contributed by atoms with Gasteiger partial charge in [0, 0.05) is 32.9 Å². The highest BCUT2D eigenvalue weighted by atomic mass is 16.3. The van der Waals surface area contributed by atoms with Crippen molar-refractivity contribution in [1.29, 1.82) is 0 Å². The molecule has 0 radical (unpaired) electrons. The first-order valence-electron chi connectivity index (χ1n) is 17.7. The zero-order valence-corrected chi connectivity index (χ0v) is 28.8. The molecule has 0 bridgehead atoms. The SMILES string of the molecule is CC1(C)c2ccccc2-c2ccc(-c3nc(-c4ccccc4)nc(-c4cccc(-c5ccc6c(c5)oc5cccc(-c7ccccc7)c56)c4)n3)cc21. The Morgan fingerprint density at radius 2 is 0.942 bits per heavy atom. The van der Waals surface area contributed by atoms with E-state index in [-0.39, 0.29) is 5.41 Å². The minimum absolute atomic E-state index is 0.127. The number of fused-ring (bicyclic) bond motifs is 6. The van der Waals surface area contributed by atoms with Crippen molar-refractivity contribution in [3.8, 4) is 67.5 Å². The second-order valence-electron chi connectivity index (χ2n) is 14.0. The van der Waals surface area contributed by atoms with Crippen molar-refractivity contribution >= 4 is 21.9 Å². The van der Waals surface area contributed by atoms with Gasteiger partial charge in [-0.1, -0.05) is 147 Å². The van der Waals surface area contributed by atoms with Gasteiger partial charge in [-0.2, -0.15) is 0 Å². The second-order valence-corrected chi connectivity index (χ2v) is 14.0. The van der Waals surface area contributed by atoms with Crippen molar-refractivity contribution in [3.63, 3.8) is 0 Å². The molecule has 0 atom stereocenters.